The maximum absolute atomic E-state index is 5.83. The van der Waals surface area contributed by atoms with E-state index in [4.69, 9.17) is 5.73 Å². The molecule has 0 radical (unpaired) electrons. The quantitative estimate of drug-likeness (QED) is 0.896. The van der Waals surface area contributed by atoms with E-state index in [1.165, 1.54) is 30.6 Å². The third-order valence-corrected chi connectivity index (χ3v) is 4.80. The van der Waals surface area contributed by atoms with E-state index in [1.807, 2.05) is 0 Å². The standard InChI is InChI=1S/C16H25N3/c1-18-10-15(11-18)13-4-3-5-14(7-13)16-6-12(8-17)9-19(16)2/h3-5,7,12,15-16H,6,8-11,17H2,1-2H3. The Hall–Kier alpha value is -0.900. The minimum absolute atomic E-state index is 0.561. The summed E-state index contributed by atoms with van der Waals surface area (Å²) in [6, 6.07) is 9.79. The zero-order valence-electron chi connectivity index (χ0n) is 12.0. The summed E-state index contributed by atoms with van der Waals surface area (Å²) in [5.41, 5.74) is 8.82. The first kappa shape index (κ1) is 13.1. The predicted molar refractivity (Wildman–Crippen MR) is 79.2 cm³/mol. The Morgan fingerprint density at radius 2 is 1.89 bits per heavy atom. The van der Waals surface area contributed by atoms with E-state index in [1.54, 1.807) is 0 Å². The highest BCUT2D eigenvalue weighted by Gasteiger charge is 2.31. The molecule has 3 heteroatoms. The van der Waals surface area contributed by atoms with Gasteiger partial charge in [0.05, 0.1) is 0 Å². The summed E-state index contributed by atoms with van der Waals surface area (Å²) in [4.78, 5) is 4.84. The van der Waals surface area contributed by atoms with E-state index in [-0.39, 0.29) is 0 Å². The average molecular weight is 259 g/mol. The van der Waals surface area contributed by atoms with Crippen LogP contribution in [-0.4, -0.2) is 50.1 Å². The number of nitrogens with two attached hydrogens (primary N) is 1. The van der Waals surface area contributed by atoms with Gasteiger partial charge in [-0.1, -0.05) is 24.3 Å². The van der Waals surface area contributed by atoms with Crippen LogP contribution in [0.1, 0.15) is 29.5 Å². The molecule has 1 aromatic carbocycles. The molecule has 0 spiro atoms. The smallest absolute Gasteiger partial charge is 0.0348 e. The van der Waals surface area contributed by atoms with Crippen molar-refractivity contribution in [1.82, 2.24) is 9.80 Å². The number of likely N-dealkylation sites (tertiary alicyclic amines) is 2. The maximum atomic E-state index is 5.83. The van der Waals surface area contributed by atoms with Crippen molar-refractivity contribution in [2.24, 2.45) is 11.7 Å². The molecule has 0 amide bonds. The molecule has 2 aliphatic rings. The molecule has 2 N–H and O–H groups in total. The summed E-state index contributed by atoms with van der Waals surface area (Å²) in [5.74, 6) is 1.40. The number of nitrogens with zero attached hydrogens (tertiary/aromatic N) is 2. The van der Waals surface area contributed by atoms with Crippen LogP contribution in [0.3, 0.4) is 0 Å². The van der Waals surface area contributed by atoms with Crippen LogP contribution in [0.15, 0.2) is 24.3 Å². The molecule has 0 aromatic heterocycles. The Morgan fingerprint density at radius 3 is 2.53 bits per heavy atom. The zero-order valence-corrected chi connectivity index (χ0v) is 12.0. The number of hydrogen-bond acceptors (Lipinski definition) is 3. The van der Waals surface area contributed by atoms with Gasteiger partial charge in [-0.25, -0.2) is 0 Å². The summed E-state index contributed by atoms with van der Waals surface area (Å²) in [7, 11) is 4.42. The molecule has 2 aliphatic heterocycles. The van der Waals surface area contributed by atoms with Crippen LogP contribution >= 0.6 is 0 Å². The lowest BCUT2D eigenvalue weighted by Gasteiger charge is -2.37. The minimum Gasteiger partial charge on any atom is -0.330 e. The topological polar surface area (TPSA) is 32.5 Å². The fourth-order valence-electron chi connectivity index (χ4n) is 3.60. The van der Waals surface area contributed by atoms with Gasteiger partial charge in [0.1, 0.15) is 0 Å². The second kappa shape index (κ2) is 5.23. The van der Waals surface area contributed by atoms with Crippen LogP contribution in [-0.2, 0) is 0 Å². The first-order chi connectivity index (χ1) is 9.17. The number of hydrogen-bond donors (Lipinski definition) is 1. The third kappa shape index (κ3) is 2.55. The fourth-order valence-corrected chi connectivity index (χ4v) is 3.60. The van der Waals surface area contributed by atoms with E-state index < -0.39 is 0 Å². The van der Waals surface area contributed by atoms with Gasteiger partial charge in [0.15, 0.2) is 0 Å². The molecule has 2 unspecified atom stereocenters. The Labute approximate surface area is 116 Å². The number of likely N-dealkylation sites (N-methyl/N-ethyl adjacent to an activating group) is 1. The van der Waals surface area contributed by atoms with Gasteiger partial charge in [-0.15, -0.1) is 0 Å². The van der Waals surface area contributed by atoms with Crippen molar-refractivity contribution in [3.63, 3.8) is 0 Å². The molecule has 2 fully saturated rings. The molecular formula is C16H25N3. The van der Waals surface area contributed by atoms with E-state index in [0.29, 0.717) is 12.0 Å². The Kier molecular flexibility index (Phi) is 3.61. The van der Waals surface area contributed by atoms with Crippen molar-refractivity contribution in [3.8, 4) is 0 Å². The van der Waals surface area contributed by atoms with E-state index >= 15 is 0 Å². The zero-order chi connectivity index (χ0) is 13.4. The lowest BCUT2D eigenvalue weighted by Crippen LogP contribution is -2.41. The third-order valence-electron chi connectivity index (χ3n) is 4.80. The molecule has 0 saturated carbocycles. The Morgan fingerprint density at radius 1 is 1.16 bits per heavy atom. The molecule has 1 aromatic rings. The lowest BCUT2D eigenvalue weighted by atomic mass is 9.89. The molecule has 2 atom stereocenters. The molecule has 2 saturated heterocycles. The Bertz CT molecular complexity index is 439. The van der Waals surface area contributed by atoms with Gasteiger partial charge >= 0.3 is 0 Å². The highest BCUT2D eigenvalue weighted by atomic mass is 15.2. The van der Waals surface area contributed by atoms with Crippen molar-refractivity contribution in [1.29, 1.82) is 0 Å². The van der Waals surface area contributed by atoms with Gasteiger partial charge in [-0.05, 0) is 44.1 Å². The van der Waals surface area contributed by atoms with Crippen LogP contribution in [0.4, 0.5) is 0 Å². The minimum atomic E-state index is 0.561. The molecular weight excluding hydrogens is 234 g/mol. The van der Waals surface area contributed by atoms with E-state index in [0.717, 1.165) is 19.0 Å². The summed E-state index contributed by atoms with van der Waals surface area (Å²) >= 11 is 0. The van der Waals surface area contributed by atoms with Gasteiger partial charge in [0.25, 0.3) is 0 Å². The van der Waals surface area contributed by atoms with Crippen molar-refractivity contribution >= 4 is 0 Å². The molecule has 19 heavy (non-hydrogen) atoms. The summed E-state index contributed by atoms with van der Waals surface area (Å²) in [6.07, 6.45) is 1.21. The number of rotatable bonds is 3. The monoisotopic (exact) mass is 259 g/mol. The summed E-state index contributed by atoms with van der Waals surface area (Å²) < 4.78 is 0. The molecule has 0 aliphatic carbocycles. The van der Waals surface area contributed by atoms with Gasteiger partial charge in [-0.3, -0.25) is 4.90 Å². The van der Waals surface area contributed by atoms with Crippen LogP contribution in [0.25, 0.3) is 0 Å². The average Bonchev–Trinajstić information content (AvgIpc) is 2.76. The van der Waals surface area contributed by atoms with Crippen molar-refractivity contribution in [2.45, 2.75) is 18.4 Å². The summed E-state index contributed by atoms with van der Waals surface area (Å²) in [6.45, 7) is 4.36. The SMILES string of the molecule is CN1CC(c2cccc(C3CC(CN)CN3C)c2)C1. The first-order valence-electron chi connectivity index (χ1n) is 7.36. The second-order valence-corrected chi connectivity index (χ2v) is 6.38. The molecule has 3 rings (SSSR count). The molecule has 104 valence electrons. The van der Waals surface area contributed by atoms with Crippen molar-refractivity contribution < 1.29 is 0 Å². The lowest BCUT2D eigenvalue weighted by molar-refractivity contribution is 0.189. The van der Waals surface area contributed by atoms with E-state index in [9.17, 15) is 0 Å². The number of benzene rings is 1. The maximum Gasteiger partial charge on any atom is 0.0348 e. The molecule has 3 nitrogen and oxygen atoms in total. The van der Waals surface area contributed by atoms with E-state index in [2.05, 4.69) is 48.2 Å². The highest BCUT2D eigenvalue weighted by Crippen LogP contribution is 2.35. The molecule has 2 heterocycles. The van der Waals surface area contributed by atoms with Crippen LogP contribution in [0.2, 0.25) is 0 Å². The predicted octanol–water partition coefficient (Wildman–Crippen LogP) is 1.67. The van der Waals surface area contributed by atoms with Gasteiger partial charge in [0, 0.05) is 31.6 Å². The van der Waals surface area contributed by atoms with Crippen LogP contribution < -0.4 is 5.73 Å². The van der Waals surface area contributed by atoms with Gasteiger partial charge in [0.2, 0.25) is 0 Å². The highest BCUT2D eigenvalue weighted by molar-refractivity contribution is 5.31. The Balaban J connectivity index is 1.76. The molecule has 0 bridgehead atoms. The van der Waals surface area contributed by atoms with Gasteiger partial charge in [-0.2, -0.15) is 0 Å². The fraction of sp³-hybridized carbons (Fsp3) is 0.625. The van der Waals surface area contributed by atoms with Crippen LogP contribution in [0.5, 0.6) is 0 Å². The largest absolute Gasteiger partial charge is 0.330 e. The van der Waals surface area contributed by atoms with Crippen molar-refractivity contribution in [2.75, 3.05) is 40.3 Å². The van der Waals surface area contributed by atoms with Crippen molar-refractivity contribution in [3.05, 3.63) is 35.4 Å². The first-order valence-corrected chi connectivity index (χ1v) is 7.36. The van der Waals surface area contributed by atoms with Crippen LogP contribution in [0, 0.1) is 5.92 Å². The normalized spacial score (nSPS) is 29.6. The summed E-state index contributed by atoms with van der Waals surface area (Å²) in [5, 5.41) is 0. The van der Waals surface area contributed by atoms with Gasteiger partial charge < -0.3 is 10.6 Å². The second-order valence-electron chi connectivity index (χ2n) is 6.38.